The van der Waals surface area contributed by atoms with Crippen molar-refractivity contribution in [2.24, 2.45) is 0 Å². The van der Waals surface area contributed by atoms with E-state index < -0.39 is 22.9 Å². The number of fused-ring (bicyclic) bond motifs is 1. The van der Waals surface area contributed by atoms with Gasteiger partial charge in [0, 0.05) is 48.5 Å². The van der Waals surface area contributed by atoms with Gasteiger partial charge in [0.1, 0.15) is 11.3 Å². The summed E-state index contributed by atoms with van der Waals surface area (Å²) in [5, 5.41) is 11.5. The number of benzene rings is 3. The first-order valence-electron chi connectivity index (χ1n) is 11.5. The maximum atomic E-state index is 14.1. The molecule has 1 aromatic heterocycles. The summed E-state index contributed by atoms with van der Waals surface area (Å²) in [7, 11) is 0. The molecule has 5 nitrogen and oxygen atoms in total. The Kier molecular flexibility index (Phi) is 6.83. The van der Waals surface area contributed by atoms with Crippen molar-refractivity contribution in [2.75, 3.05) is 31.1 Å². The third-order valence-corrected chi connectivity index (χ3v) is 6.94. The van der Waals surface area contributed by atoms with Crippen LogP contribution in [0.3, 0.4) is 0 Å². The number of phenols is 1. The van der Waals surface area contributed by atoms with E-state index >= 15 is 0 Å². The molecular formula is C27H21Cl2F3N2O3. The van der Waals surface area contributed by atoms with E-state index in [0.717, 1.165) is 5.69 Å². The fraction of sp³-hybridized carbons (Fsp3) is 0.222. The van der Waals surface area contributed by atoms with Crippen molar-refractivity contribution in [3.8, 4) is 16.9 Å². The molecule has 10 heteroatoms. The molecule has 0 saturated carbocycles. The van der Waals surface area contributed by atoms with Gasteiger partial charge >= 0.3 is 6.18 Å². The second kappa shape index (κ2) is 9.93. The first-order valence-corrected chi connectivity index (χ1v) is 12.2. The van der Waals surface area contributed by atoms with Gasteiger partial charge in [-0.1, -0.05) is 41.4 Å². The zero-order chi connectivity index (χ0) is 26.3. The summed E-state index contributed by atoms with van der Waals surface area (Å²) in [6.45, 7) is 2.60. The zero-order valence-electron chi connectivity index (χ0n) is 19.4. The molecule has 1 aliphatic rings. The number of phenolic OH excluding ortho intramolecular Hbond substituents is 1. The molecule has 1 N–H and O–H groups in total. The van der Waals surface area contributed by atoms with Crippen LogP contribution in [-0.4, -0.2) is 36.2 Å². The second-order valence-electron chi connectivity index (χ2n) is 8.82. The van der Waals surface area contributed by atoms with Crippen molar-refractivity contribution >= 4 is 39.9 Å². The number of rotatable bonds is 4. The highest BCUT2D eigenvalue weighted by atomic mass is 35.5. The summed E-state index contributed by atoms with van der Waals surface area (Å²) in [5.74, 6) is -1.65. The lowest BCUT2D eigenvalue weighted by atomic mass is 10.00. The number of halogens is 5. The van der Waals surface area contributed by atoms with E-state index in [0.29, 0.717) is 36.2 Å². The molecule has 0 unspecified atom stereocenters. The molecule has 0 spiro atoms. The number of hydrogen-bond donors (Lipinski definition) is 1. The van der Waals surface area contributed by atoms with Crippen molar-refractivity contribution in [1.82, 2.24) is 4.90 Å². The predicted octanol–water partition coefficient (Wildman–Crippen LogP) is 6.81. The molecule has 1 saturated heterocycles. The van der Waals surface area contributed by atoms with E-state index in [2.05, 4.69) is 4.90 Å². The number of nitrogens with zero attached hydrogens (tertiary/aromatic N) is 2. The van der Waals surface area contributed by atoms with Crippen molar-refractivity contribution in [2.45, 2.75) is 12.7 Å². The second-order valence-corrected chi connectivity index (χ2v) is 9.70. The van der Waals surface area contributed by atoms with Crippen LogP contribution in [-0.2, 0) is 12.7 Å². The van der Waals surface area contributed by atoms with Crippen LogP contribution in [0.2, 0.25) is 10.0 Å². The molecule has 37 heavy (non-hydrogen) atoms. The Morgan fingerprint density at radius 2 is 1.62 bits per heavy atom. The average Bonchev–Trinajstić information content (AvgIpc) is 2.86. The molecule has 4 aromatic rings. The Balaban J connectivity index is 1.51. The molecule has 192 valence electrons. The lowest BCUT2D eigenvalue weighted by molar-refractivity contribution is -0.152. The number of anilines is 1. The average molecular weight is 549 g/mol. The van der Waals surface area contributed by atoms with Crippen LogP contribution in [0.5, 0.6) is 5.75 Å². The Labute approximate surface area is 220 Å². The van der Waals surface area contributed by atoms with Gasteiger partial charge in [0.25, 0.3) is 0 Å². The van der Waals surface area contributed by atoms with Gasteiger partial charge in [0.15, 0.2) is 0 Å². The van der Waals surface area contributed by atoms with Gasteiger partial charge < -0.3 is 14.4 Å². The van der Waals surface area contributed by atoms with Crippen molar-refractivity contribution in [1.29, 1.82) is 0 Å². The molecular weight excluding hydrogens is 528 g/mol. The van der Waals surface area contributed by atoms with Gasteiger partial charge in [0.05, 0.1) is 16.5 Å². The maximum absolute atomic E-state index is 14.1. The molecule has 0 bridgehead atoms. The van der Waals surface area contributed by atoms with Crippen LogP contribution in [0, 0.1) is 0 Å². The summed E-state index contributed by atoms with van der Waals surface area (Å²) in [6, 6.07) is 15.6. The van der Waals surface area contributed by atoms with E-state index in [1.54, 1.807) is 6.07 Å². The summed E-state index contributed by atoms with van der Waals surface area (Å²) in [6.07, 6.45) is -4.94. The molecule has 0 radical (unpaired) electrons. The van der Waals surface area contributed by atoms with Gasteiger partial charge in [-0.2, -0.15) is 13.2 Å². The monoisotopic (exact) mass is 548 g/mol. The molecule has 0 aliphatic carbocycles. The van der Waals surface area contributed by atoms with Crippen molar-refractivity contribution < 1.29 is 22.7 Å². The van der Waals surface area contributed by atoms with E-state index in [1.165, 1.54) is 36.4 Å². The van der Waals surface area contributed by atoms with E-state index in [1.807, 2.05) is 23.1 Å². The van der Waals surface area contributed by atoms with Crippen LogP contribution in [0.4, 0.5) is 18.9 Å². The predicted molar refractivity (Wildman–Crippen MR) is 139 cm³/mol. The molecule has 5 rings (SSSR count). The summed E-state index contributed by atoms with van der Waals surface area (Å²) in [4.78, 5) is 17.5. The lowest BCUT2D eigenvalue weighted by Crippen LogP contribution is -2.46. The van der Waals surface area contributed by atoms with Gasteiger partial charge in [-0.25, -0.2) is 0 Å². The van der Waals surface area contributed by atoms with Crippen molar-refractivity contribution in [3.63, 3.8) is 0 Å². The number of piperazine rings is 1. The topological polar surface area (TPSA) is 56.9 Å². The van der Waals surface area contributed by atoms with Crippen molar-refractivity contribution in [3.05, 3.63) is 92.3 Å². The normalized spacial score (nSPS) is 14.9. The van der Waals surface area contributed by atoms with Crippen LogP contribution >= 0.6 is 23.2 Å². The number of aromatic hydroxyl groups is 1. The van der Waals surface area contributed by atoms with Crippen LogP contribution in [0.25, 0.3) is 22.1 Å². The highest BCUT2D eigenvalue weighted by Crippen LogP contribution is 2.39. The Morgan fingerprint density at radius 1 is 0.919 bits per heavy atom. The Bertz CT molecular complexity index is 1510. The van der Waals surface area contributed by atoms with Gasteiger partial charge in [-0.15, -0.1) is 0 Å². The Hall–Kier alpha value is -3.20. The van der Waals surface area contributed by atoms with Gasteiger partial charge in [-0.3, -0.25) is 9.69 Å². The minimum atomic E-state index is -4.94. The summed E-state index contributed by atoms with van der Waals surface area (Å²) in [5.41, 5.74) is -0.535. The molecule has 0 atom stereocenters. The third-order valence-electron chi connectivity index (χ3n) is 6.46. The Morgan fingerprint density at radius 3 is 2.27 bits per heavy atom. The first kappa shape index (κ1) is 25.4. The van der Waals surface area contributed by atoms with E-state index in [-0.39, 0.29) is 34.4 Å². The standard InChI is InChI=1S/C27H21Cl2F3N2O3/c28-17-6-4-16(5-7-17)23-24(36)20-8-9-22(35)21(25(20)37-26(23)27(30,31)32)15-33-10-12-34(13-11-33)19-3-1-2-18(29)14-19/h1-9,14,35H,10-13,15H2. The minimum absolute atomic E-state index is 0.0386. The minimum Gasteiger partial charge on any atom is -0.507 e. The smallest absolute Gasteiger partial charge is 0.450 e. The summed E-state index contributed by atoms with van der Waals surface area (Å²) >= 11 is 12.0. The first-order chi connectivity index (χ1) is 17.6. The largest absolute Gasteiger partial charge is 0.507 e. The van der Waals surface area contributed by atoms with E-state index in [4.69, 9.17) is 27.6 Å². The molecule has 0 amide bonds. The molecule has 2 heterocycles. The fourth-order valence-electron chi connectivity index (χ4n) is 4.60. The van der Waals surface area contributed by atoms with E-state index in [9.17, 15) is 23.1 Å². The van der Waals surface area contributed by atoms with Crippen LogP contribution < -0.4 is 10.3 Å². The quantitative estimate of drug-likeness (QED) is 0.303. The fourth-order valence-corrected chi connectivity index (χ4v) is 4.91. The summed E-state index contributed by atoms with van der Waals surface area (Å²) < 4.78 is 47.7. The third kappa shape index (κ3) is 5.14. The molecule has 1 aliphatic heterocycles. The van der Waals surface area contributed by atoms with Crippen LogP contribution in [0.15, 0.2) is 69.9 Å². The number of hydrogen-bond acceptors (Lipinski definition) is 5. The SMILES string of the molecule is O=c1c(-c2ccc(Cl)cc2)c(C(F)(F)F)oc2c(CN3CCN(c4cccc(Cl)c4)CC3)c(O)ccc12. The molecule has 3 aromatic carbocycles. The zero-order valence-corrected chi connectivity index (χ0v) is 20.9. The maximum Gasteiger partial charge on any atom is 0.450 e. The highest BCUT2D eigenvalue weighted by molar-refractivity contribution is 6.31. The number of alkyl halides is 3. The van der Waals surface area contributed by atoms with Gasteiger partial charge in [0.2, 0.25) is 11.2 Å². The highest BCUT2D eigenvalue weighted by Gasteiger charge is 2.40. The molecule has 1 fully saturated rings. The lowest BCUT2D eigenvalue weighted by Gasteiger charge is -2.36. The van der Waals surface area contributed by atoms with Crippen LogP contribution in [0.1, 0.15) is 11.3 Å². The van der Waals surface area contributed by atoms with Gasteiger partial charge in [-0.05, 0) is 48.0 Å².